The Morgan fingerprint density at radius 3 is 2.38 bits per heavy atom. The Balaban J connectivity index is 2.05. The monoisotopic (exact) mass is 356 g/mol. The Morgan fingerprint density at radius 2 is 1.77 bits per heavy atom. The van der Waals surface area contributed by atoms with E-state index in [-0.39, 0.29) is 6.54 Å². The van der Waals surface area contributed by atoms with Crippen molar-refractivity contribution < 1.29 is 19.1 Å². The third kappa shape index (κ3) is 4.53. The van der Waals surface area contributed by atoms with Gasteiger partial charge in [0.1, 0.15) is 0 Å². The van der Waals surface area contributed by atoms with Gasteiger partial charge in [0.2, 0.25) is 0 Å². The maximum Gasteiger partial charge on any atom is 0.316 e. The highest BCUT2D eigenvalue weighted by Crippen LogP contribution is 2.27. The summed E-state index contributed by atoms with van der Waals surface area (Å²) in [6.07, 6.45) is 0. The molecular weight excluding hydrogens is 332 g/mol. The summed E-state index contributed by atoms with van der Waals surface area (Å²) in [4.78, 5) is 26.2. The van der Waals surface area contributed by atoms with Gasteiger partial charge >= 0.3 is 11.8 Å². The van der Waals surface area contributed by atoms with Gasteiger partial charge in [-0.05, 0) is 49.2 Å². The average Bonchev–Trinajstić information content (AvgIpc) is 2.66. The van der Waals surface area contributed by atoms with Crippen LogP contribution in [0.3, 0.4) is 0 Å². The molecule has 0 spiro atoms. The first-order valence-corrected chi connectivity index (χ1v) is 8.37. The van der Waals surface area contributed by atoms with Crippen LogP contribution < -0.4 is 19.7 Å². The molecule has 0 radical (unpaired) electrons. The summed E-state index contributed by atoms with van der Waals surface area (Å²) in [6, 6.07) is 12.8. The Hall–Kier alpha value is -3.02. The SMILES string of the molecule is CCN(C(=O)C(=O)NCc1ccc(OC)c(OC)c1)c1cccc(C)c1. The topological polar surface area (TPSA) is 67.9 Å². The van der Waals surface area contributed by atoms with E-state index in [0.29, 0.717) is 23.7 Å². The number of hydrogen-bond donors (Lipinski definition) is 1. The van der Waals surface area contributed by atoms with Crippen molar-refractivity contribution in [2.45, 2.75) is 20.4 Å². The van der Waals surface area contributed by atoms with Crippen LogP contribution in [-0.4, -0.2) is 32.6 Å². The van der Waals surface area contributed by atoms with Crippen LogP contribution in [0.4, 0.5) is 5.69 Å². The van der Waals surface area contributed by atoms with Crippen molar-refractivity contribution in [3.05, 3.63) is 53.6 Å². The molecule has 26 heavy (non-hydrogen) atoms. The minimum Gasteiger partial charge on any atom is -0.493 e. The number of rotatable bonds is 6. The quantitative estimate of drug-likeness (QED) is 0.808. The van der Waals surface area contributed by atoms with Gasteiger partial charge in [0.05, 0.1) is 14.2 Å². The van der Waals surface area contributed by atoms with Gasteiger partial charge in [-0.2, -0.15) is 0 Å². The van der Waals surface area contributed by atoms with Crippen LogP contribution in [-0.2, 0) is 16.1 Å². The fourth-order valence-electron chi connectivity index (χ4n) is 2.61. The maximum absolute atomic E-state index is 12.5. The number of hydrogen-bond acceptors (Lipinski definition) is 4. The van der Waals surface area contributed by atoms with E-state index in [1.165, 1.54) is 4.90 Å². The van der Waals surface area contributed by atoms with E-state index in [2.05, 4.69) is 5.32 Å². The molecule has 1 N–H and O–H groups in total. The van der Waals surface area contributed by atoms with Crippen molar-refractivity contribution in [1.29, 1.82) is 0 Å². The summed E-state index contributed by atoms with van der Waals surface area (Å²) < 4.78 is 10.4. The van der Waals surface area contributed by atoms with E-state index < -0.39 is 11.8 Å². The van der Waals surface area contributed by atoms with E-state index >= 15 is 0 Å². The lowest BCUT2D eigenvalue weighted by Crippen LogP contribution is -2.42. The van der Waals surface area contributed by atoms with E-state index in [1.54, 1.807) is 26.4 Å². The third-order valence-corrected chi connectivity index (χ3v) is 3.97. The van der Waals surface area contributed by atoms with Gasteiger partial charge in [-0.3, -0.25) is 9.59 Å². The number of nitrogens with zero attached hydrogens (tertiary/aromatic N) is 1. The van der Waals surface area contributed by atoms with Gasteiger partial charge in [0, 0.05) is 18.8 Å². The molecule has 6 heteroatoms. The van der Waals surface area contributed by atoms with E-state index in [0.717, 1.165) is 11.1 Å². The molecule has 0 atom stereocenters. The zero-order valence-electron chi connectivity index (χ0n) is 15.5. The maximum atomic E-state index is 12.5. The van der Waals surface area contributed by atoms with Crippen molar-refractivity contribution in [1.82, 2.24) is 5.32 Å². The summed E-state index contributed by atoms with van der Waals surface area (Å²) in [5.41, 5.74) is 2.54. The molecule has 138 valence electrons. The first kappa shape index (κ1) is 19.3. The van der Waals surface area contributed by atoms with Gasteiger partial charge < -0.3 is 19.7 Å². The van der Waals surface area contributed by atoms with Gasteiger partial charge in [0.25, 0.3) is 0 Å². The number of nitrogens with one attached hydrogen (secondary N) is 1. The summed E-state index contributed by atoms with van der Waals surface area (Å²) in [5, 5.41) is 2.66. The predicted octanol–water partition coefficient (Wildman–Crippen LogP) is 2.68. The van der Waals surface area contributed by atoms with Gasteiger partial charge in [-0.15, -0.1) is 0 Å². The number of carbonyl (C=O) groups is 2. The van der Waals surface area contributed by atoms with E-state index in [4.69, 9.17) is 9.47 Å². The average molecular weight is 356 g/mol. The third-order valence-electron chi connectivity index (χ3n) is 3.97. The lowest BCUT2D eigenvalue weighted by molar-refractivity contribution is -0.137. The number of methoxy groups -OCH3 is 2. The normalized spacial score (nSPS) is 10.2. The molecule has 2 aromatic carbocycles. The van der Waals surface area contributed by atoms with Crippen LogP contribution in [0, 0.1) is 6.92 Å². The minimum absolute atomic E-state index is 0.219. The molecule has 0 aliphatic carbocycles. The Labute approximate surface area is 153 Å². The molecule has 0 unspecified atom stereocenters. The van der Waals surface area contributed by atoms with Crippen LogP contribution in [0.25, 0.3) is 0 Å². The zero-order valence-corrected chi connectivity index (χ0v) is 15.5. The molecule has 0 saturated heterocycles. The van der Waals surface area contributed by atoms with Crippen molar-refractivity contribution in [2.24, 2.45) is 0 Å². The minimum atomic E-state index is -0.650. The second-order valence-electron chi connectivity index (χ2n) is 5.76. The van der Waals surface area contributed by atoms with Crippen LogP contribution in [0.1, 0.15) is 18.1 Å². The highest BCUT2D eigenvalue weighted by Gasteiger charge is 2.22. The molecule has 0 aliphatic heterocycles. The molecule has 0 bridgehead atoms. The molecule has 0 aromatic heterocycles. The van der Waals surface area contributed by atoms with Crippen LogP contribution in [0.15, 0.2) is 42.5 Å². The molecule has 2 amide bonds. The van der Waals surface area contributed by atoms with Crippen LogP contribution >= 0.6 is 0 Å². The number of benzene rings is 2. The number of ether oxygens (including phenoxy) is 2. The number of anilines is 1. The standard InChI is InChI=1S/C20H24N2O4/c1-5-22(16-8-6-7-14(2)11-16)20(24)19(23)21-13-15-9-10-17(25-3)18(12-15)26-4/h6-12H,5,13H2,1-4H3,(H,21,23). The van der Waals surface area contributed by atoms with Crippen molar-refractivity contribution in [2.75, 3.05) is 25.7 Å². The Bertz CT molecular complexity index is 789. The number of amides is 2. The fraction of sp³-hybridized carbons (Fsp3) is 0.300. The molecule has 2 rings (SSSR count). The second kappa shape index (κ2) is 8.89. The summed E-state index contributed by atoms with van der Waals surface area (Å²) in [6.45, 7) is 4.41. The first-order chi connectivity index (χ1) is 12.5. The Kier molecular flexibility index (Phi) is 6.60. The van der Waals surface area contributed by atoms with Crippen molar-refractivity contribution >= 4 is 17.5 Å². The molecule has 2 aromatic rings. The number of carbonyl (C=O) groups excluding carboxylic acids is 2. The smallest absolute Gasteiger partial charge is 0.316 e. The summed E-state index contributed by atoms with van der Waals surface area (Å²) >= 11 is 0. The van der Waals surface area contributed by atoms with Crippen LogP contribution in [0.2, 0.25) is 0 Å². The molecule has 0 fully saturated rings. The Morgan fingerprint density at radius 1 is 1.04 bits per heavy atom. The highest BCUT2D eigenvalue weighted by molar-refractivity contribution is 6.40. The molecule has 0 saturated carbocycles. The summed E-state index contributed by atoms with van der Waals surface area (Å²) in [7, 11) is 3.10. The largest absolute Gasteiger partial charge is 0.493 e. The second-order valence-corrected chi connectivity index (χ2v) is 5.76. The predicted molar refractivity (Wildman–Crippen MR) is 101 cm³/mol. The lowest BCUT2D eigenvalue weighted by atomic mass is 10.2. The molecule has 0 heterocycles. The number of likely N-dealkylation sites (N-methyl/N-ethyl adjacent to an activating group) is 1. The van der Waals surface area contributed by atoms with Crippen molar-refractivity contribution in [3.8, 4) is 11.5 Å². The van der Waals surface area contributed by atoms with Crippen LogP contribution in [0.5, 0.6) is 11.5 Å². The highest BCUT2D eigenvalue weighted by atomic mass is 16.5. The fourth-order valence-corrected chi connectivity index (χ4v) is 2.61. The van der Waals surface area contributed by atoms with E-state index in [1.807, 2.05) is 44.2 Å². The van der Waals surface area contributed by atoms with Crippen molar-refractivity contribution in [3.63, 3.8) is 0 Å². The van der Waals surface area contributed by atoms with Gasteiger partial charge in [-0.1, -0.05) is 18.2 Å². The van der Waals surface area contributed by atoms with Gasteiger partial charge in [-0.25, -0.2) is 0 Å². The molecule has 0 aliphatic rings. The molecule has 6 nitrogen and oxygen atoms in total. The zero-order chi connectivity index (χ0) is 19.1. The lowest BCUT2D eigenvalue weighted by Gasteiger charge is -2.21. The summed E-state index contributed by atoms with van der Waals surface area (Å²) in [5.74, 6) is -0.0579. The number of aryl methyl sites for hydroxylation is 1. The van der Waals surface area contributed by atoms with Gasteiger partial charge in [0.15, 0.2) is 11.5 Å². The first-order valence-electron chi connectivity index (χ1n) is 8.37. The van der Waals surface area contributed by atoms with E-state index in [9.17, 15) is 9.59 Å². The molecular formula is C20H24N2O4.